The summed E-state index contributed by atoms with van der Waals surface area (Å²) in [6, 6.07) is 0. The quantitative estimate of drug-likeness (QED) is 0.406. The molecule has 0 N–H and O–H groups in total. The summed E-state index contributed by atoms with van der Waals surface area (Å²) in [5.74, 6) is 0.689. The van der Waals surface area contributed by atoms with Crippen LogP contribution in [0.5, 0.6) is 0 Å². The Hall–Kier alpha value is 0.540. The fourth-order valence-corrected chi connectivity index (χ4v) is 2.72. The van der Waals surface area contributed by atoms with Gasteiger partial charge in [0.1, 0.15) is 5.50 Å². The van der Waals surface area contributed by atoms with Crippen LogP contribution in [0.1, 0.15) is 12.8 Å². The molecule has 0 amide bonds. The summed E-state index contributed by atoms with van der Waals surface area (Å²) in [7, 11) is 0. The van der Waals surface area contributed by atoms with Crippen LogP contribution in [-0.2, 0) is 0 Å². The van der Waals surface area contributed by atoms with Gasteiger partial charge in [0.2, 0.25) is 0 Å². The molecule has 3 heterocycles. The van der Waals surface area contributed by atoms with Gasteiger partial charge in [-0.25, -0.2) is 0 Å². The lowest BCUT2D eigenvalue weighted by atomic mass is 9.88. The van der Waals surface area contributed by atoms with Crippen molar-refractivity contribution >= 4 is 23.2 Å². The van der Waals surface area contributed by atoms with Crippen molar-refractivity contribution in [3.8, 4) is 0 Å². The number of piperidine rings is 3. The molecule has 0 saturated carbocycles. The van der Waals surface area contributed by atoms with Crippen LogP contribution in [0.25, 0.3) is 0 Å². The van der Waals surface area contributed by atoms with Gasteiger partial charge in [-0.2, -0.15) is 0 Å². The molecule has 2 bridgehead atoms. The second-order valence-electron chi connectivity index (χ2n) is 3.19. The van der Waals surface area contributed by atoms with E-state index in [2.05, 4.69) is 4.90 Å². The van der Waals surface area contributed by atoms with Gasteiger partial charge in [0.15, 0.2) is 0 Å². The van der Waals surface area contributed by atoms with E-state index < -0.39 is 0 Å². The van der Waals surface area contributed by atoms with Gasteiger partial charge in [0, 0.05) is 0 Å². The maximum absolute atomic E-state index is 6.09. The van der Waals surface area contributed by atoms with E-state index in [1.54, 1.807) is 0 Å². The van der Waals surface area contributed by atoms with Crippen LogP contribution in [0, 0.1) is 5.92 Å². The third-order valence-electron chi connectivity index (χ3n) is 2.64. The van der Waals surface area contributed by atoms with Crippen molar-refractivity contribution < 1.29 is 0 Å². The van der Waals surface area contributed by atoms with E-state index in [4.69, 9.17) is 23.2 Å². The summed E-state index contributed by atoms with van der Waals surface area (Å²) < 4.78 is 0. The van der Waals surface area contributed by atoms with Crippen molar-refractivity contribution in [2.45, 2.75) is 23.7 Å². The zero-order chi connectivity index (χ0) is 7.14. The predicted molar refractivity (Wildman–Crippen MR) is 43.6 cm³/mol. The summed E-state index contributed by atoms with van der Waals surface area (Å²) >= 11 is 12.1. The van der Waals surface area contributed by atoms with Crippen LogP contribution in [0.3, 0.4) is 0 Å². The SMILES string of the molecule is ClC1C2CCN(CC2)C1Cl. The monoisotopic (exact) mass is 179 g/mol. The molecule has 0 aromatic heterocycles. The molecular weight excluding hydrogens is 169 g/mol. The Labute approximate surface area is 71.3 Å². The van der Waals surface area contributed by atoms with E-state index in [0.29, 0.717) is 5.92 Å². The molecule has 3 fully saturated rings. The first-order chi connectivity index (χ1) is 4.79. The van der Waals surface area contributed by atoms with Crippen molar-refractivity contribution in [1.29, 1.82) is 0 Å². The fourth-order valence-electron chi connectivity index (χ4n) is 1.91. The summed E-state index contributed by atoms with van der Waals surface area (Å²) in [6.45, 7) is 2.31. The average Bonchev–Trinajstić information content (AvgIpc) is 2.00. The number of halogens is 2. The van der Waals surface area contributed by atoms with E-state index >= 15 is 0 Å². The van der Waals surface area contributed by atoms with E-state index in [1.165, 1.54) is 12.8 Å². The molecule has 0 aromatic rings. The molecule has 3 aliphatic heterocycles. The Bertz CT molecular complexity index is 112. The van der Waals surface area contributed by atoms with Gasteiger partial charge in [-0.3, -0.25) is 4.90 Å². The smallest absolute Gasteiger partial charge is 0.102 e. The van der Waals surface area contributed by atoms with Crippen LogP contribution in [0.2, 0.25) is 0 Å². The van der Waals surface area contributed by atoms with Crippen LogP contribution < -0.4 is 0 Å². The zero-order valence-corrected chi connectivity index (χ0v) is 7.28. The Morgan fingerprint density at radius 3 is 2.00 bits per heavy atom. The van der Waals surface area contributed by atoms with Gasteiger partial charge in [0.05, 0.1) is 5.38 Å². The molecule has 3 aliphatic rings. The Kier molecular flexibility index (Phi) is 1.83. The second kappa shape index (κ2) is 2.54. The Morgan fingerprint density at radius 1 is 1.10 bits per heavy atom. The number of hydrogen-bond donors (Lipinski definition) is 0. The average molecular weight is 180 g/mol. The second-order valence-corrected chi connectivity index (χ2v) is 4.14. The Balaban J connectivity index is 2.13. The van der Waals surface area contributed by atoms with Crippen LogP contribution in [0.15, 0.2) is 0 Å². The summed E-state index contributed by atoms with van der Waals surface area (Å²) in [6.07, 6.45) is 2.49. The fraction of sp³-hybridized carbons (Fsp3) is 1.00. The summed E-state index contributed by atoms with van der Waals surface area (Å²) in [4.78, 5) is 2.28. The Morgan fingerprint density at radius 2 is 1.70 bits per heavy atom. The van der Waals surface area contributed by atoms with Crippen LogP contribution >= 0.6 is 23.2 Å². The van der Waals surface area contributed by atoms with Crippen molar-refractivity contribution in [1.82, 2.24) is 4.90 Å². The third-order valence-corrected chi connectivity index (χ3v) is 3.91. The minimum absolute atomic E-state index is 0.106. The highest BCUT2D eigenvalue weighted by Crippen LogP contribution is 2.37. The van der Waals surface area contributed by atoms with Crippen LogP contribution in [-0.4, -0.2) is 28.9 Å². The number of rotatable bonds is 0. The van der Waals surface area contributed by atoms with Crippen LogP contribution in [0.4, 0.5) is 0 Å². The van der Waals surface area contributed by atoms with E-state index in [1.807, 2.05) is 0 Å². The van der Waals surface area contributed by atoms with Crippen molar-refractivity contribution in [2.75, 3.05) is 13.1 Å². The third kappa shape index (κ3) is 0.956. The molecule has 0 radical (unpaired) electrons. The van der Waals surface area contributed by atoms with E-state index in [9.17, 15) is 0 Å². The maximum Gasteiger partial charge on any atom is 0.102 e. The molecule has 10 heavy (non-hydrogen) atoms. The van der Waals surface area contributed by atoms with Gasteiger partial charge in [-0.05, 0) is 31.8 Å². The number of nitrogens with zero attached hydrogens (tertiary/aromatic N) is 1. The molecule has 2 atom stereocenters. The topological polar surface area (TPSA) is 3.24 Å². The molecule has 0 spiro atoms. The van der Waals surface area contributed by atoms with Crippen molar-refractivity contribution in [3.63, 3.8) is 0 Å². The molecule has 0 aromatic carbocycles. The minimum atomic E-state index is 0.106. The first-order valence-electron chi connectivity index (χ1n) is 3.81. The van der Waals surface area contributed by atoms with Gasteiger partial charge in [0.25, 0.3) is 0 Å². The zero-order valence-electron chi connectivity index (χ0n) is 5.76. The first-order valence-corrected chi connectivity index (χ1v) is 4.68. The summed E-state index contributed by atoms with van der Waals surface area (Å²) in [5, 5.41) is 0.198. The van der Waals surface area contributed by atoms with Gasteiger partial charge in [-0.15, -0.1) is 23.2 Å². The molecule has 0 aliphatic carbocycles. The number of hydrogen-bond acceptors (Lipinski definition) is 1. The van der Waals surface area contributed by atoms with Gasteiger partial charge >= 0.3 is 0 Å². The number of fused-ring (bicyclic) bond motifs is 3. The highest BCUT2D eigenvalue weighted by Gasteiger charge is 2.39. The molecule has 3 rings (SSSR count). The van der Waals surface area contributed by atoms with E-state index in [-0.39, 0.29) is 10.9 Å². The van der Waals surface area contributed by atoms with Gasteiger partial charge in [-0.1, -0.05) is 0 Å². The molecule has 3 heteroatoms. The van der Waals surface area contributed by atoms with Crippen molar-refractivity contribution in [3.05, 3.63) is 0 Å². The maximum atomic E-state index is 6.09. The lowest BCUT2D eigenvalue weighted by Gasteiger charge is -2.45. The molecule has 3 saturated heterocycles. The summed E-state index contributed by atoms with van der Waals surface area (Å²) in [5.41, 5.74) is 0.106. The van der Waals surface area contributed by atoms with Crippen molar-refractivity contribution in [2.24, 2.45) is 5.92 Å². The molecular formula is C7H11Cl2N. The lowest BCUT2D eigenvalue weighted by molar-refractivity contribution is 0.0945. The highest BCUT2D eigenvalue weighted by molar-refractivity contribution is 6.30. The van der Waals surface area contributed by atoms with Gasteiger partial charge < -0.3 is 0 Å². The first kappa shape index (κ1) is 7.20. The number of alkyl halides is 2. The standard InChI is InChI=1S/C7H11Cl2N/c8-6-5-1-3-10(4-2-5)7(6)9/h5-7H,1-4H2. The normalized spacial score (nSPS) is 53.4. The molecule has 58 valence electrons. The lowest BCUT2D eigenvalue weighted by Crippen LogP contribution is -2.53. The highest BCUT2D eigenvalue weighted by atomic mass is 35.5. The molecule has 1 nitrogen and oxygen atoms in total. The van der Waals surface area contributed by atoms with E-state index in [0.717, 1.165) is 13.1 Å². The molecule has 2 unspecified atom stereocenters. The minimum Gasteiger partial charge on any atom is -0.286 e. The predicted octanol–water partition coefficient (Wildman–Crippen LogP) is 1.88. The largest absolute Gasteiger partial charge is 0.286 e.